The first-order chi connectivity index (χ1) is 17.4. The monoisotopic (exact) mass is 546 g/mol. The molecule has 0 radical (unpaired) electrons. The Bertz CT molecular complexity index is 1370. The topological polar surface area (TPSA) is 83.6 Å². The number of halogens is 3. The number of aromatic amines is 1. The van der Waals surface area contributed by atoms with E-state index < -0.39 is 12.0 Å². The van der Waals surface area contributed by atoms with E-state index in [1.54, 1.807) is 30.3 Å². The number of carboxylic acid groups (broad SMARTS) is 1. The van der Waals surface area contributed by atoms with Gasteiger partial charge in [-0.15, -0.1) is 0 Å². The van der Waals surface area contributed by atoms with Crippen molar-refractivity contribution in [2.75, 3.05) is 6.61 Å². The Morgan fingerprint density at radius 2 is 1.83 bits per heavy atom. The van der Waals surface area contributed by atoms with Gasteiger partial charge in [-0.25, -0.2) is 0 Å². The summed E-state index contributed by atoms with van der Waals surface area (Å²) < 4.78 is 11.7. The number of hydrogen-bond donors (Lipinski definition) is 3. The van der Waals surface area contributed by atoms with Crippen molar-refractivity contribution in [1.29, 1.82) is 0 Å². The van der Waals surface area contributed by atoms with Crippen LogP contribution in [-0.4, -0.2) is 28.7 Å². The van der Waals surface area contributed by atoms with E-state index in [9.17, 15) is 9.90 Å². The molecule has 1 atom stereocenters. The molecular formula is C27H25Cl3N2O4. The number of nitrogens with one attached hydrogen (secondary N) is 2. The molecule has 4 rings (SSSR count). The first-order valence-electron chi connectivity index (χ1n) is 11.4. The van der Waals surface area contributed by atoms with Gasteiger partial charge in [0.25, 0.3) is 0 Å². The first-order valence-corrected chi connectivity index (χ1v) is 12.5. The highest BCUT2D eigenvalue weighted by Crippen LogP contribution is 2.38. The summed E-state index contributed by atoms with van der Waals surface area (Å²) in [6.45, 7) is 2.73. The van der Waals surface area contributed by atoms with E-state index in [2.05, 4.69) is 10.3 Å². The molecule has 0 spiro atoms. The standard InChI is InChI=1S/C27H25Cl3N2O4/c1-2-35-25-10-16(9-22(30)26(25)36-15-17-7-8-19(28)12-21(17)29)13-31-24(27(33)34)11-18-14-32-23-6-4-3-5-20(18)23/h3-10,12,14,24,31-32H,2,11,13,15H2,1H3,(H,33,34)/t24-/m0/s1. The predicted octanol–water partition coefficient (Wildman–Crippen LogP) is 6.89. The Balaban J connectivity index is 1.48. The van der Waals surface area contributed by atoms with Gasteiger partial charge in [0.2, 0.25) is 0 Å². The van der Waals surface area contributed by atoms with Crippen LogP contribution in [0, 0.1) is 0 Å². The molecule has 188 valence electrons. The maximum absolute atomic E-state index is 12.0. The number of aromatic nitrogens is 1. The molecule has 3 N–H and O–H groups in total. The molecule has 36 heavy (non-hydrogen) atoms. The minimum atomic E-state index is -0.934. The molecule has 6 nitrogen and oxygen atoms in total. The van der Waals surface area contributed by atoms with Crippen molar-refractivity contribution in [1.82, 2.24) is 10.3 Å². The van der Waals surface area contributed by atoms with Crippen molar-refractivity contribution in [2.24, 2.45) is 0 Å². The van der Waals surface area contributed by atoms with Crippen molar-refractivity contribution in [3.8, 4) is 11.5 Å². The second kappa shape index (κ2) is 11.9. The fourth-order valence-electron chi connectivity index (χ4n) is 3.92. The SMILES string of the molecule is CCOc1cc(CN[C@@H](Cc2c[nH]c3ccccc23)C(=O)O)cc(Cl)c1OCc1ccc(Cl)cc1Cl. The van der Waals surface area contributed by atoms with Gasteiger partial charge >= 0.3 is 5.97 Å². The molecule has 0 unspecified atom stereocenters. The van der Waals surface area contributed by atoms with Crippen molar-refractivity contribution < 1.29 is 19.4 Å². The van der Waals surface area contributed by atoms with E-state index in [1.165, 1.54) is 0 Å². The van der Waals surface area contributed by atoms with Crippen molar-refractivity contribution in [3.05, 3.63) is 92.6 Å². The highest BCUT2D eigenvalue weighted by Gasteiger charge is 2.20. The van der Waals surface area contributed by atoms with Crippen LogP contribution in [-0.2, 0) is 24.4 Å². The van der Waals surface area contributed by atoms with Crippen LogP contribution in [0.15, 0.2) is 60.8 Å². The number of rotatable bonds is 11. The summed E-state index contributed by atoms with van der Waals surface area (Å²) in [4.78, 5) is 15.2. The zero-order chi connectivity index (χ0) is 25.7. The van der Waals surface area contributed by atoms with Gasteiger partial charge in [-0.05, 0) is 48.4 Å². The summed E-state index contributed by atoms with van der Waals surface area (Å²) in [5, 5.41) is 15.3. The van der Waals surface area contributed by atoms with Gasteiger partial charge in [0.1, 0.15) is 12.6 Å². The molecule has 9 heteroatoms. The quantitative estimate of drug-likeness (QED) is 0.190. The fourth-order valence-corrected chi connectivity index (χ4v) is 4.67. The zero-order valence-corrected chi connectivity index (χ0v) is 21.8. The van der Waals surface area contributed by atoms with Gasteiger partial charge in [0.15, 0.2) is 11.5 Å². The van der Waals surface area contributed by atoms with Crippen molar-refractivity contribution in [3.63, 3.8) is 0 Å². The van der Waals surface area contributed by atoms with Gasteiger partial charge in [-0.2, -0.15) is 0 Å². The molecule has 0 aliphatic carbocycles. The third-order valence-corrected chi connectivity index (χ3v) is 6.57. The van der Waals surface area contributed by atoms with Crippen LogP contribution in [0.1, 0.15) is 23.6 Å². The maximum atomic E-state index is 12.0. The van der Waals surface area contributed by atoms with E-state index in [0.29, 0.717) is 39.6 Å². The molecule has 1 aromatic heterocycles. The number of benzene rings is 3. The third-order valence-electron chi connectivity index (χ3n) is 5.71. The average molecular weight is 548 g/mol. The maximum Gasteiger partial charge on any atom is 0.321 e. The lowest BCUT2D eigenvalue weighted by molar-refractivity contribution is -0.139. The molecular weight excluding hydrogens is 523 g/mol. The number of carbonyl (C=O) groups is 1. The first kappa shape index (κ1) is 26.2. The van der Waals surface area contributed by atoms with E-state index in [0.717, 1.165) is 27.6 Å². The lowest BCUT2D eigenvalue weighted by Gasteiger charge is -2.18. The minimum Gasteiger partial charge on any atom is -0.490 e. The van der Waals surface area contributed by atoms with Crippen LogP contribution in [0.2, 0.25) is 15.1 Å². The summed E-state index contributed by atoms with van der Waals surface area (Å²) in [6.07, 6.45) is 2.18. The number of fused-ring (bicyclic) bond motifs is 1. The molecule has 0 aliphatic rings. The largest absolute Gasteiger partial charge is 0.490 e. The van der Waals surface area contributed by atoms with Crippen LogP contribution in [0.4, 0.5) is 0 Å². The van der Waals surface area contributed by atoms with E-state index in [1.807, 2.05) is 37.4 Å². The fraction of sp³-hybridized carbons (Fsp3) is 0.222. The van der Waals surface area contributed by atoms with E-state index in [4.69, 9.17) is 44.3 Å². The molecule has 4 aromatic rings. The highest BCUT2D eigenvalue weighted by atomic mass is 35.5. The van der Waals surface area contributed by atoms with Crippen molar-refractivity contribution >= 4 is 51.7 Å². The number of aliphatic carboxylic acids is 1. The number of ether oxygens (including phenoxy) is 2. The normalized spacial score (nSPS) is 12.0. The Morgan fingerprint density at radius 1 is 1.03 bits per heavy atom. The highest BCUT2D eigenvalue weighted by molar-refractivity contribution is 6.35. The Morgan fingerprint density at radius 3 is 2.58 bits per heavy atom. The van der Waals surface area contributed by atoms with E-state index in [-0.39, 0.29) is 13.2 Å². The van der Waals surface area contributed by atoms with Crippen LogP contribution in [0.25, 0.3) is 10.9 Å². The third kappa shape index (κ3) is 6.26. The molecule has 1 heterocycles. The molecule has 0 bridgehead atoms. The Labute approximate surface area is 224 Å². The zero-order valence-electron chi connectivity index (χ0n) is 19.5. The van der Waals surface area contributed by atoms with Gasteiger partial charge in [-0.3, -0.25) is 4.79 Å². The summed E-state index contributed by atoms with van der Waals surface area (Å²) in [5.41, 5.74) is 3.43. The van der Waals surface area contributed by atoms with Gasteiger partial charge in [-0.1, -0.05) is 59.1 Å². The molecule has 0 fully saturated rings. The smallest absolute Gasteiger partial charge is 0.321 e. The summed E-state index contributed by atoms with van der Waals surface area (Å²) in [6, 6.07) is 15.7. The minimum absolute atomic E-state index is 0.180. The Kier molecular flexibility index (Phi) is 8.64. The molecule has 3 aromatic carbocycles. The van der Waals surface area contributed by atoms with Crippen LogP contribution >= 0.6 is 34.8 Å². The Hall–Kier alpha value is -2.90. The number of carboxylic acids is 1. The molecule has 0 amide bonds. The average Bonchev–Trinajstić information content (AvgIpc) is 3.25. The van der Waals surface area contributed by atoms with Gasteiger partial charge in [0, 0.05) is 45.7 Å². The van der Waals surface area contributed by atoms with Crippen LogP contribution in [0.5, 0.6) is 11.5 Å². The second-order valence-electron chi connectivity index (χ2n) is 8.20. The van der Waals surface area contributed by atoms with E-state index >= 15 is 0 Å². The lowest BCUT2D eigenvalue weighted by Crippen LogP contribution is -2.38. The predicted molar refractivity (Wildman–Crippen MR) is 144 cm³/mol. The summed E-state index contributed by atoms with van der Waals surface area (Å²) in [5.74, 6) is -0.0755. The molecule has 0 aliphatic heterocycles. The summed E-state index contributed by atoms with van der Waals surface area (Å²) in [7, 11) is 0. The number of H-pyrrole nitrogens is 1. The van der Waals surface area contributed by atoms with Crippen LogP contribution < -0.4 is 14.8 Å². The molecule has 0 saturated carbocycles. The number of para-hydroxylation sites is 1. The number of hydrogen-bond acceptors (Lipinski definition) is 4. The summed E-state index contributed by atoms with van der Waals surface area (Å²) >= 11 is 18.8. The van der Waals surface area contributed by atoms with Crippen molar-refractivity contribution in [2.45, 2.75) is 32.5 Å². The van der Waals surface area contributed by atoms with Crippen LogP contribution in [0.3, 0.4) is 0 Å². The second-order valence-corrected chi connectivity index (χ2v) is 9.45. The van der Waals surface area contributed by atoms with Gasteiger partial charge in [0.05, 0.1) is 11.6 Å². The van der Waals surface area contributed by atoms with Gasteiger partial charge < -0.3 is 24.9 Å². The molecule has 0 saturated heterocycles. The lowest BCUT2D eigenvalue weighted by atomic mass is 10.0.